The number of carbonyl (C=O) groups excluding carboxylic acids is 2. The molecular formula is C39H44FN3O2. The molecule has 0 spiro atoms. The van der Waals surface area contributed by atoms with Gasteiger partial charge in [0.1, 0.15) is 5.82 Å². The lowest BCUT2D eigenvalue weighted by Gasteiger charge is -2.35. The summed E-state index contributed by atoms with van der Waals surface area (Å²) in [5, 5.41) is 6.00. The molecule has 0 aromatic heterocycles. The van der Waals surface area contributed by atoms with Crippen molar-refractivity contribution in [2.24, 2.45) is 5.92 Å². The second-order valence-corrected chi connectivity index (χ2v) is 12.1. The van der Waals surface area contributed by atoms with E-state index in [2.05, 4.69) is 46.7 Å². The summed E-state index contributed by atoms with van der Waals surface area (Å²) >= 11 is 0. The molecule has 0 bridgehead atoms. The number of amides is 2. The molecule has 1 aliphatic heterocycles. The molecule has 0 aliphatic carbocycles. The Kier molecular flexibility index (Phi) is 11.4. The minimum Gasteiger partial charge on any atom is -0.371 e. The smallest absolute Gasteiger partial charge is 0.255 e. The number of carbonyl (C=O) groups is 2. The number of nitrogens with one attached hydrogen (secondary N) is 2. The average molecular weight is 606 g/mol. The van der Waals surface area contributed by atoms with Gasteiger partial charge in [0.05, 0.1) is 5.56 Å². The highest BCUT2D eigenvalue weighted by molar-refractivity contribution is 6.06. The van der Waals surface area contributed by atoms with Gasteiger partial charge in [-0.25, -0.2) is 4.39 Å². The van der Waals surface area contributed by atoms with E-state index >= 15 is 0 Å². The van der Waals surface area contributed by atoms with E-state index in [-0.39, 0.29) is 24.2 Å². The number of halogens is 1. The standard InChI is InChI=1S/C39H44FN3O2/c1-2-3-4-6-9-29-12-16-33(17-13-29)38(44)42-35-20-21-37(36(27-35)39(45)41-28-32-14-18-34(40)19-15-32)43-24-22-31(23-25-43)26-30-10-7-5-8-11-30/h5,7-8,10-21,27,31H,2-4,6,9,22-26,28H2,1H3,(H,41,45)(H,42,44). The molecule has 1 saturated heterocycles. The number of piperidine rings is 1. The van der Waals surface area contributed by atoms with Crippen molar-refractivity contribution in [3.8, 4) is 0 Å². The maximum absolute atomic E-state index is 13.6. The molecule has 234 valence electrons. The van der Waals surface area contributed by atoms with E-state index < -0.39 is 0 Å². The summed E-state index contributed by atoms with van der Waals surface area (Å²) in [4.78, 5) is 29.0. The maximum atomic E-state index is 13.6. The highest BCUT2D eigenvalue weighted by Crippen LogP contribution is 2.30. The fourth-order valence-electron chi connectivity index (χ4n) is 6.06. The molecule has 1 heterocycles. The molecule has 2 amide bonds. The Morgan fingerprint density at radius 1 is 0.778 bits per heavy atom. The van der Waals surface area contributed by atoms with Crippen LogP contribution in [0.4, 0.5) is 15.8 Å². The lowest BCUT2D eigenvalue weighted by atomic mass is 9.89. The second kappa shape index (κ2) is 16.0. The topological polar surface area (TPSA) is 61.4 Å². The third-order valence-corrected chi connectivity index (χ3v) is 8.72. The van der Waals surface area contributed by atoms with Crippen molar-refractivity contribution < 1.29 is 14.0 Å². The number of aryl methyl sites for hydroxylation is 1. The van der Waals surface area contributed by atoms with Crippen molar-refractivity contribution in [2.45, 2.75) is 64.8 Å². The first-order valence-corrected chi connectivity index (χ1v) is 16.3. The third kappa shape index (κ3) is 9.27. The number of rotatable bonds is 13. The summed E-state index contributed by atoms with van der Waals surface area (Å²) in [7, 11) is 0. The number of nitrogens with zero attached hydrogens (tertiary/aromatic N) is 1. The summed E-state index contributed by atoms with van der Waals surface area (Å²) in [6.07, 6.45) is 9.00. The first-order chi connectivity index (χ1) is 22.0. The van der Waals surface area contributed by atoms with Crippen LogP contribution in [0, 0.1) is 11.7 Å². The molecule has 4 aromatic rings. The zero-order chi connectivity index (χ0) is 31.4. The van der Waals surface area contributed by atoms with E-state index in [9.17, 15) is 14.0 Å². The van der Waals surface area contributed by atoms with Crippen molar-refractivity contribution in [1.29, 1.82) is 0 Å². The van der Waals surface area contributed by atoms with Crippen molar-refractivity contribution in [3.63, 3.8) is 0 Å². The van der Waals surface area contributed by atoms with Gasteiger partial charge in [-0.1, -0.05) is 80.8 Å². The molecular weight excluding hydrogens is 561 g/mol. The molecule has 1 aliphatic rings. The van der Waals surface area contributed by atoms with Crippen LogP contribution >= 0.6 is 0 Å². The highest BCUT2D eigenvalue weighted by atomic mass is 19.1. The van der Waals surface area contributed by atoms with Gasteiger partial charge in [0.2, 0.25) is 0 Å². The van der Waals surface area contributed by atoms with Gasteiger partial charge in [-0.15, -0.1) is 0 Å². The van der Waals surface area contributed by atoms with Crippen molar-refractivity contribution in [2.75, 3.05) is 23.3 Å². The molecule has 2 N–H and O–H groups in total. The molecule has 6 heteroatoms. The van der Waals surface area contributed by atoms with E-state index in [4.69, 9.17) is 0 Å². The minimum absolute atomic E-state index is 0.209. The molecule has 5 nitrogen and oxygen atoms in total. The van der Waals surface area contributed by atoms with Crippen LogP contribution < -0.4 is 15.5 Å². The average Bonchev–Trinajstić information content (AvgIpc) is 3.07. The maximum Gasteiger partial charge on any atom is 0.255 e. The SMILES string of the molecule is CCCCCCc1ccc(C(=O)Nc2ccc(N3CCC(Cc4ccccc4)CC3)c(C(=O)NCc3ccc(F)cc3)c2)cc1. The van der Waals surface area contributed by atoms with Crippen LogP contribution in [0.1, 0.15) is 82.9 Å². The highest BCUT2D eigenvalue weighted by Gasteiger charge is 2.24. The van der Waals surface area contributed by atoms with Gasteiger partial charge in [-0.05, 0) is 97.2 Å². The van der Waals surface area contributed by atoms with Crippen LogP contribution in [-0.2, 0) is 19.4 Å². The minimum atomic E-state index is -0.312. The normalized spacial score (nSPS) is 13.4. The van der Waals surface area contributed by atoms with Crippen molar-refractivity contribution in [3.05, 3.63) is 131 Å². The summed E-state index contributed by atoms with van der Waals surface area (Å²) < 4.78 is 13.4. The Bertz CT molecular complexity index is 1530. The Morgan fingerprint density at radius 2 is 1.49 bits per heavy atom. The Labute approximate surface area is 266 Å². The first kappa shape index (κ1) is 32.0. The van der Waals surface area contributed by atoms with Gasteiger partial charge in [-0.2, -0.15) is 0 Å². The van der Waals surface area contributed by atoms with Gasteiger partial charge >= 0.3 is 0 Å². The van der Waals surface area contributed by atoms with E-state index in [1.54, 1.807) is 18.2 Å². The van der Waals surface area contributed by atoms with E-state index in [0.717, 1.165) is 56.4 Å². The molecule has 0 unspecified atom stereocenters. The van der Waals surface area contributed by atoms with Crippen LogP contribution in [0.2, 0.25) is 0 Å². The Hall–Kier alpha value is -4.45. The largest absolute Gasteiger partial charge is 0.371 e. The number of unbranched alkanes of at least 4 members (excludes halogenated alkanes) is 3. The van der Waals surface area contributed by atoms with Crippen LogP contribution in [0.3, 0.4) is 0 Å². The predicted molar refractivity (Wildman–Crippen MR) is 181 cm³/mol. The summed E-state index contributed by atoms with van der Waals surface area (Å²) in [6, 6.07) is 30.1. The van der Waals surface area contributed by atoms with Gasteiger partial charge in [-0.3, -0.25) is 9.59 Å². The predicted octanol–water partition coefficient (Wildman–Crippen LogP) is 8.59. The third-order valence-electron chi connectivity index (χ3n) is 8.72. The zero-order valence-electron chi connectivity index (χ0n) is 26.2. The Balaban J connectivity index is 1.28. The van der Waals surface area contributed by atoms with E-state index in [0.29, 0.717) is 22.7 Å². The van der Waals surface area contributed by atoms with Crippen LogP contribution in [0.25, 0.3) is 0 Å². The van der Waals surface area contributed by atoms with Gasteiger partial charge in [0.15, 0.2) is 0 Å². The lowest BCUT2D eigenvalue weighted by molar-refractivity contribution is 0.0950. The quantitative estimate of drug-likeness (QED) is 0.150. The number of benzene rings is 4. The van der Waals surface area contributed by atoms with Crippen molar-refractivity contribution in [1.82, 2.24) is 5.32 Å². The molecule has 4 aromatic carbocycles. The molecule has 45 heavy (non-hydrogen) atoms. The number of anilines is 2. The fraction of sp³-hybridized carbons (Fsp3) is 0.333. The van der Waals surface area contributed by atoms with E-state index in [1.807, 2.05) is 42.5 Å². The fourth-order valence-corrected chi connectivity index (χ4v) is 6.06. The monoisotopic (exact) mass is 605 g/mol. The van der Waals surface area contributed by atoms with Gasteiger partial charge in [0.25, 0.3) is 11.8 Å². The molecule has 0 radical (unpaired) electrons. The first-order valence-electron chi connectivity index (χ1n) is 16.3. The number of hydrogen-bond acceptors (Lipinski definition) is 3. The number of hydrogen-bond donors (Lipinski definition) is 2. The van der Waals surface area contributed by atoms with Gasteiger partial charge in [0, 0.05) is 36.6 Å². The summed E-state index contributed by atoms with van der Waals surface area (Å²) in [5.41, 5.74) is 5.93. The van der Waals surface area contributed by atoms with Crippen LogP contribution in [0.15, 0.2) is 97.1 Å². The summed E-state index contributed by atoms with van der Waals surface area (Å²) in [5.74, 6) is -0.155. The van der Waals surface area contributed by atoms with Crippen LogP contribution in [0.5, 0.6) is 0 Å². The second-order valence-electron chi connectivity index (χ2n) is 12.1. The molecule has 5 rings (SSSR count). The molecule has 0 saturated carbocycles. The molecule has 0 atom stereocenters. The molecule has 1 fully saturated rings. The van der Waals surface area contributed by atoms with Gasteiger partial charge < -0.3 is 15.5 Å². The zero-order valence-corrected chi connectivity index (χ0v) is 26.2. The summed E-state index contributed by atoms with van der Waals surface area (Å²) in [6.45, 7) is 4.19. The Morgan fingerprint density at radius 3 is 2.20 bits per heavy atom. The van der Waals surface area contributed by atoms with Crippen LogP contribution in [-0.4, -0.2) is 24.9 Å². The van der Waals surface area contributed by atoms with Crippen molar-refractivity contribution >= 4 is 23.2 Å². The lowest BCUT2D eigenvalue weighted by Crippen LogP contribution is -2.36. The van der Waals surface area contributed by atoms with E-state index in [1.165, 1.54) is 42.5 Å².